The van der Waals surface area contributed by atoms with Crippen LogP contribution in [0.3, 0.4) is 0 Å². The fourth-order valence-corrected chi connectivity index (χ4v) is 5.38. The SMILES string of the molecule is COC(=O)c1ccc(C(=O)N2CCc3cc4ccc3C2c2cccc(c2)OCCCNC(=O)c2cc(ccc2O)O4)nc1. The Kier molecular flexibility index (Phi) is 7.65. The predicted molar refractivity (Wildman–Crippen MR) is 156 cm³/mol. The van der Waals surface area contributed by atoms with Crippen molar-refractivity contribution in [1.82, 2.24) is 15.2 Å². The van der Waals surface area contributed by atoms with Gasteiger partial charge in [0.25, 0.3) is 11.8 Å². The zero-order valence-corrected chi connectivity index (χ0v) is 23.4. The number of aromatic nitrogens is 1. The second-order valence-corrected chi connectivity index (χ2v) is 10.2. The van der Waals surface area contributed by atoms with Crippen molar-refractivity contribution in [2.75, 3.05) is 26.8 Å². The van der Waals surface area contributed by atoms with Gasteiger partial charge >= 0.3 is 5.97 Å². The highest BCUT2D eigenvalue weighted by molar-refractivity contribution is 5.97. The molecule has 0 aliphatic carbocycles. The highest BCUT2D eigenvalue weighted by Gasteiger charge is 2.34. The Bertz CT molecular complexity index is 1700. The van der Waals surface area contributed by atoms with E-state index in [-0.39, 0.29) is 28.5 Å². The van der Waals surface area contributed by atoms with Gasteiger partial charge in [-0.2, -0.15) is 0 Å². The van der Waals surface area contributed by atoms with Crippen LogP contribution < -0.4 is 14.8 Å². The van der Waals surface area contributed by atoms with Crippen LogP contribution in [0, 0.1) is 0 Å². The summed E-state index contributed by atoms with van der Waals surface area (Å²) in [5, 5.41) is 13.1. The average molecular weight is 580 g/mol. The van der Waals surface area contributed by atoms with Crippen molar-refractivity contribution in [1.29, 1.82) is 0 Å². The summed E-state index contributed by atoms with van der Waals surface area (Å²) in [4.78, 5) is 44.5. The maximum absolute atomic E-state index is 13.9. The number of pyridine rings is 1. The van der Waals surface area contributed by atoms with Gasteiger partial charge in [0.1, 0.15) is 28.7 Å². The molecule has 43 heavy (non-hydrogen) atoms. The molecule has 8 bridgehead atoms. The topological polar surface area (TPSA) is 127 Å². The van der Waals surface area contributed by atoms with E-state index in [0.717, 1.165) is 16.7 Å². The fourth-order valence-electron chi connectivity index (χ4n) is 5.38. The van der Waals surface area contributed by atoms with Gasteiger partial charge in [0.15, 0.2) is 0 Å². The minimum Gasteiger partial charge on any atom is -0.507 e. The Labute approximate surface area is 247 Å². The smallest absolute Gasteiger partial charge is 0.339 e. The molecule has 3 aliphatic heterocycles. The molecule has 3 aliphatic rings. The average Bonchev–Trinajstić information content (AvgIpc) is 3.04. The first-order chi connectivity index (χ1) is 20.9. The van der Waals surface area contributed by atoms with E-state index >= 15 is 0 Å². The summed E-state index contributed by atoms with van der Waals surface area (Å²) in [7, 11) is 1.29. The zero-order chi connectivity index (χ0) is 29.9. The summed E-state index contributed by atoms with van der Waals surface area (Å²) in [6.07, 6.45) is 2.45. The number of rotatable bonds is 2. The zero-order valence-electron chi connectivity index (χ0n) is 23.4. The van der Waals surface area contributed by atoms with Crippen LogP contribution in [0.15, 0.2) is 79.0 Å². The number of esters is 1. The fraction of sp³-hybridized carbons (Fsp3) is 0.212. The van der Waals surface area contributed by atoms with Gasteiger partial charge < -0.3 is 29.5 Å². The monoisotopic (exact) mass is 579 g/mol. The van der Waals surface area contributed by atoms with E-state index in [4.69, 9.17) is 14.2 Å². The largest absolute Gasteiger partial charge is 0.507 e. The van der Waals surface area contributed by atoms with E-state index in [0.29, 0.717) is 49.8 Å². The number of ether oxygens (including phenoxy) is 3. The van der Waals surface area contributed by atoms with Crippen LogP contribution in [0.2, 0.25) is 0 Å². The standard InChI is InChI=1S/C33H29N3O7/c1-41-33(40)22-6-10-28(35-19-22)32(39)36-14-12-20-16-24-7-9-26(20)30(36)21-4-2-5-23(17-21)42-15-3-13-34-31(38)27-18-25(43-24)8-11-29(27)37/h2,4-11,16-19,30,37H,3,12-15H2,1H3,(H,34,38). The summed E-state index contributed by atoms with van der Waals surface area (Å²) in [6, 6.07) is 20.5. The van der Waals surface area contributed by atoms with Gasteiger partial charge in [-0.25, -0.2) is 4.79 Å². The molecule has 2 amide bonds. The molecule has 3 aromatic carbocycles. The van der Waals surface area contributed by atoms with Gasteiger partial charge in [-0.15, -0.1) is 0 Å². The molecular formula is C33H29N3O7. The lowest BCUT2D eigenvalue weighted by Crippen LogP contribution is -2.41. The summed E-state index contributed by atoms with van der Waals surface area (Å²) < 4.78 is 16.9. The van der Waals surface area contributed by atoms with Crippen LogP contribution in [0.25, 0.3) is 0 Å². The summed E-state index contributed by atoms with van der Waals surface area (Å²) >= 11 is 0. The van der Waals surface area contributed by atoms with E-state index in [2.05, 4.69) is 10.3 Å². The highest BCUT2D eigenvalue weighted by atomic mass is 16.5. The number of methoxy groups -OCH3 is 1. The molecule has 0 saturated heterocycles. The molecule has 0 radical (unpaired) electrons. The molecule has 4 aromatic rings. The Morgan fingerprint density at radius 2 is 1.86 bits per heavy atom. The molecule has 10 heteroatoms. The van der Waals surface area contributed by atoms with E-state index in [1.165, 1.54) is 37.6 Å². The molecule has 4 heterocycles. The van der Waals surface area contributed by atoms with Crippen molar-refractivity contribution in [3.63, 3.8) is 0 Å². The van der Waals surface area contributed by atoms with Crippen molar-refractivity contribution in [2.45, 2.75) is 18.9 Å². The van der Waals surface area contributed by atoms with Crippen molar-refractivity contribution < 1.29 is 33.7 Å². The van der Waals surface area contributed by atoms with Crippen LogP contribution in [0.1, 0.15) is 60.4 Å². The number of aromatic hydroxyl groups is 1. The highest BCUT2D eigenvalue weighted by Crippen LogP contribution is 2.39. The first kappa shape index (κ1) is 27.8. The molecule has 7 rings (SSSR count). The van der Waals surface area contributed by atoms with Crippen LogP contribution in [-0.4, -0.2) is 59.6 Å². The van der Waals surface area contributed by atoms with E-state index in [1.807, 2.05) is 42.5 Å². The Balaban J connectivity index is 1.40. The number of nitrogens with zero attached hydrogens (tertiary/aromatic N) is 2. The second kappa shape index (κ2) is 11.8. The predicted octanol–water partition coefficient (Wildman–Crippen LogP) is 4.67. The van der Waals surface area contributed by atoms with Crippen LogP contribution in [0.4, 0.5) is 0 Å². The lowest BCUT2D eigenvalue weighted by molar-refractivity contribution is 0.0597. The third-order valence-corrected chi connectivity index (χ3v) is 7.50. The molecule has 1 aromatic heterocycles. The number of phenolic OH excluding ortho intramolecular Hbond substituents is 1. The molecule has 0 spiro atoms. The lowest BCUT2D eigenvalue weighted by Gasteiger charge is -2.38. The second-order valence-electron chi connectivity index (χ2n) is 10.2. The van der Waals surface area contributed by atoms with Gasteiger partial charge in [-0.05, 0) is 84.1 Å². The quantitative estimate of drug-likeness (QED) is 0.328. The molecule has 10 nitrogen and oxygen atoms in total. The van der Waals surface area contributed by atoms with Crippen LogP contribution in [0.5, 0.6) is 23.0 Å². The first-order valence-corrected chi connectivity index (χ1v) is 13.9. The molecule has 218 valence electrons. The first-order valence-electron chi connectivity index (χ1n) is 13.9. The van der Waals surface area contributed by atoms with Crippen LogP contribution >= 0.6 is 0 Å². The molecule has 1 atom stereocenters. The number of hydrogen-bond acceptors (Lipinski definition) is 8. The van der Waals surface area contributed by atoms with Gasteiger partial charge in [-0.1, -0.05) is 18.2 Å². The van der Waals surface area contributed by atoms with E-state index < -0.39 is 17.9 Å². The molecule has 2 N–H and O–H groups in total. The van der Waals surface area contributed by atoms with Crippen molar-refractivity contribution in [3.05, 3.63) is 113 Å². The minimum absolute atomic E-state index is 0.118. The minimum atomic E-state index is -0.525. The normalized spacial score (nSPS) is 16.2. The van der Waals surface area contributed by atoms with Gasteiger partial charge in [0, 0.05) is 19.3 Å². The third kappa shape index (κ3) is 5.72. The van der Waals surface area contributed by atoms with Gasteiger partial charge in [-0.3, -0.25) is 14.6 Å². The molecule has 1 unspecified atom stereocenters. The number of hydrogen-bond donors (Lipinski definition) is 2. The summed E-state index contributed by atoms with van der Waals surface area (Å²) in [5.41, 5.74) is 3.40. The molecule has 0 saturated carbocycles. The number of carbonyl (C=O) groups is 3. The number of carbonyl (C=O) groups excluding carboxylic acids is 3. The Morgan fingerprint density at radius 1 is 1.02 bits per heavy atom. The van der Waals surface area contributed by atoms with E-state index in [1.54, 1.807) is 11.0 Å². The Morgan fingerprint density at radius 3 is 2.67 bits per heavy atom. The van der Waals surface area contributed by atoms with Crippen molar-refractivity contribution >= 4 is 17.8 Å². The van der Waals surface area contributed by atoms with Crippen molar-refractivity contribution in [2.24, 2.45) is 0 Å². The number of fused-ring (bicyclic) bond motifs is 6. The number of benzene rings is 3. The van der Waals surface area contributed by atoms with E-state index in [9.17, 15) is 19.5 Å². The third-order valence-electron chi connectivity index (χ3n) is 7.50. The molecule has 0 fully saturated rings. The summed E-state index contributed by atoms with van der Waals surface area (Å²) in [5.74, 6) is 0.267. The van der Waals surface area contributed by atoms with Crippen molar-refractivity contribution in [3.8, 4) is 23.0 Å². The molecular weight excluding hydrogens is 550 g/mol. The lowest BCUT2D eigenvalue weighted by atomic mass is 9.87. The number of phenols is 1. The van der Waals surface area contributed by atoms with Gasteiger partial charge in [0.05, 0.1) is 30.9 Å². The van der Waals surface area contributed by atoms with Crippen LogP contribution in [-0.2, 0) is 11.2 Å². The summed E-state index contributed by atoms with van der Waals surface area (Å²) in [6.45, 7) is 1.11. The maximum Gasteiger partial charge on any atom is 0.339 e. The van der Waals surface area contributed by atoms with Gasteiger partial charge in [0.2, 0.25) is 0 Å². The Hall–Kier alpha value is -5.38. The number of amides is 2. The maximum atomic E-state index is 13.9. The number of nitrogens with one attached hydrogen (secondary N) is 1.